The van der Waals surface area contributed by atoms with Crippen molar-refractivity contribution in [1.82, 2.24) is 0 Å². The molecular weight excluding hydrogens is 512 g/mol. The molecule has 0 heterocycles. The molecule has 2 aliphatic rings. The summed E-state index contributed by atoms with van der Waals surface area (Å²) in [6.07, 6.45) is 17.6. The first kappa shape index (κ1) is 27.7. The molecule has 4 rings (SSSR count). The summed E-state index contributed by atoms with van der Waals surface area (Å²) in [6, 6.07) is 12.3. The normalized spacial score (nSPS) is 14.6. The van der Waals surface area contributed by atoms with Crippen LogP contribution in [-0.4, -0.2) is 3.21 Å². The van der Waals surface area contributed by atoms with Gasteiger partial charge in [0.15, 0.2) is 0 Å². The molecule has 0 unspecified atom stereocenters. The maximum absolute atomic E-state index is 2.53. The summed E-state index contributed by atoms with van der Waals surface area (Å²) in [6.45, 7) is 19.1. The van der Waals surface area contributed by atoms with Crippen molar-refractivity contribution in [2.24, 2.45) is 0 Å². The molecule has 2 aliphatic carbocycles. The van der Waals surface area contributed by atoms with Crippen LogP contribution in [0.15, 0.2) is 51.8 Å². The molecule has 0 aliphatic heterocycles. The number of benzene rings is 2. The van der Waals surface area contributed by atoms with Gasteiger partial charge in [-0.25, -0.2) is 0 Å². The molecule has 0 amide bonds. The quantitative estimate of drug-likeness (QED) is 0.258. The predicted molar refractivity (Wildman–Crippen MR) is 158 cm³/mol. The SMILES string of the molecule is CCCC[C](CCCC)=[Zr]([C]1=CC=CC1)[c]1c(C(C)(C)C)ccc2c1Cc1cc(C(C)(C)C)ccc1-2. The van der Waals surface area contributed by atoms with E-state index in [0.29, 0.717) is 0 Å². The second kappa shape index (κ2) is 11.2. The van der Waals surface area contributed by atoms with Crippen molar-refractivity contribution >= 4 is 6.48 Å². The fourth-order valence-corrected chi connectivity index (χ4v) is 15.4. The summed E-state index contributed by atoms with van der Waals surface area (Å²) < 4.78 is 5.62. The van der Waals surface area contributed by atoms with Crippen molar-refractivity contribution in [2.45, 2.75) is 118 Å². The molecule has 0 radical (unpaired) electrons. The molecule has 0 saturated carbocycles. The molecule has 0 atom stereocenters. The van der Waals surface area contributed by atoms with E-state index in [-0.39, 0.29) is 10.8 Å². The first-order valence-corrected chi connectivity index (χ1v) is 18.1. The van der Waals surface area contributed by atoms with Crippen LogP contribution in [0.2, 0.25) is 0 Å². The van der Waals surface area contributed by atoms with Crippen LogP contribution in [0.25, 0.3) is 11.1 Å². The Morgan fingerprint density at radius 2 is 1.50 bits per heavy atom. The van der Waals surface area contributed by atoms with E-state index in [9.17, 15) is 0 Å². The van der Waals surface area contributed by atoms with Crippen molar-refractivity contribution < 1.29 is 21.3 Å². The van der Waals surface area contributed by atoms with Gasteiger partial charge in [-0.05, 0) is 0 Å². The van der Waals surface area contributed by atoms with Gasteiger partial charge in [0.2, 0.25) is 0 Å². The Bertz CT molecular complexity index is 1190. The molecule has 0 bridgehead atoms. The van der Waals surface area contributed by atoms with Gasteiger partial charge in [0, 0.05) is 0 Å². The van der Waals surface area contributed by atoms with Gasteiger partial charge in [0.1, 0.15) is 0 Å². The molecule has 0 N–H and O–H groups in total. The maximum atomic E-state index is 2.53. The van der Waals surface area contributed by atoms with E-state index in [2.05, 4.69) is 104 Å². The van der Waals surface area contributed by atoms with E-state index in [1.165, 1.54) is 61.6 Å². The van der Waals surface area contributed by atoms with Crippen LogP contribution in [0, 0.1) is 0 Å². The Hall–Kier alpha value is -1.33. The summed E-state index contributed by atoms with van der Waals surface area (Å²) in [5.74, 6) is 0. The molecule has 0 fully saturated rings. The Balaban J connectivity index is 1.99. The van der Waals surface area contributed by atoms with E-state index >= 15 is 0 Å². The van der Waals surface area contributed by atoms with Gasteiger partial charge < -0.3 is 0 Å². The van der Waals surface area contributed by atoms with Gasteiger partial charge in [-0.15, -0.1) is 0 Å². The Morgan fingerprint density at radius 3 is 2.06 bits per heavy atom. The van der Waals surface area contributed by atoms with E-state index in [4.69, 9.17) is 0 Å². The molecule has 0 spiro atoms. The zero-order valence-electron chi connectivity index (χ0n) is 24.3. The number of allylic oxidation sites excluding steroid dienone is 4. The molecule has 192 valence electrons. The number of fused-ring (bicyclic) bond motifs is 3. The standard InChI is InChI=1S/C21H25.C9H18.C5H5.Zr/c1-20(2,3)16-7-9-18-14(12-16)11-15-13-17(21(4,5)6)8-10-19(15)18;1-3-5-7-9-8-6-4-2;1-2-4-5-3-1;/h7-10,12H,11H2,1-6H3;3-8H2,1-2H3;1-3H,4H2;. The van der Waals surface area contributed by atoms with Crippen molar-refractivity contribution in [3.8, 4) is 11.1 Å². The van der Waals surface area contributed by atoms with Crippen LogP contribution in [0.4, 0.5) is 0 Å². The van der Waals surface area contributed by atoms with Crippen LogP contribution in [-0.2, 0) is 38.5 Å². The number of rotatable bonds is 8. The molecule has 0 saturated heterocycles. The predicted octanol–water partition coefficient (Wildman–Crippen LogP) is 9.49. The third-order valence-electron chi connectivity index (χ3n) is 8.11. The molecular formula is C35H48Zr. The van der Waals surface area contributed by atoms with Crippen LogP contribution in [0.3, 0.4) is 0 Å². The minimum absolute atomic E-state index is 0.161. The average Bonchev–Trinajstić information content (AvgIpc) is 3.47. The van der Waals surface area contributed by atoms with Crippen molar-refractivity contribution in [1.29, 1.82) is 0 Å². The third-order valence-corrected chi connectivity index (χ3v) is 16.2. The number of unbranched alkanes of at least 4 members (excludes halogenated alkanes) is 2. The second-order valence-corrected chi connectivity index (χ2v) is 19.5. The molecule has 2 aromatic carbocycles. The topological polar surface area (TPSA) is 0 Å². The molecule has 0 nitrogen and oxygen atoms in total. The van der Waals surface area contributed by atoms with Crippen LogP contribution in [0.5, 0.6) is 0 Å². The summed E-state index contributed by atoms with van der Waals surface area (Å²) in [5, 5.41) is 0. The van der Waals surface area contributed by atoms with Gasteiger partial charge >= 0.3 is 231 Å². The van der Waals surface area contributed by atoms with Gasteiger partial charge in [-0.3, -0.25) is 0 Å². The third kappa shape index (κ3) is 5.72. The van der Waals surface area contributed by atoms with Crippen LogP contribution >= 0.6 is 0 Å². The van der Waals surface area contributed by atoms with Gasteiger partial charge in [0.25, 0.3) is 0 Å². The first-order valence-electron chi connectivity index (χ1n) is 14.4. The fourth-order valence-electron chi connectivity index (χ4n) is 6.01. The monoisotopic (exact) mass is 558 g/mol. The van der Waals surface area contributed by atoms with E-state index in [1.807, 2.05) is 9.76 Å². The average molecular weight is 560 g/mol. The van der Waals surface area contributed by atoms with Crippen molar-refractivity contribution in [2.75, 3.05) is 0 Å². The zero-order chi connectivity index (χ0) is 26.1. The molecule has 2 aromatic rings. The zero-order valence-corrected chi connectivity index (χ0v) is 26.7. The number of hydrogen-bond donors (Lipinski definition) is 0. The van der Waals surface area contributed by atoms with E-state index < -0.39 is 21.3 Å². The summed E-state index contributed by atoms with van der Waals surface area (Å²) >= 11 is -2.26. The van der Waals surface area contributed by atoms with Gasteiger partial charge in [-0.2, -0.15) is 0 Å². The Kier molecular flexibility index (Phi) is 8.61. The van der Waals surface area contributed by atoms with Crippen LogP contribution in [0.1, 0.15) is 123 Å². The van der Waals surface area contributed by atoms with Crippen molar-refractivity contribution in [3.63, 3.8) is 0 Å². The summed E-state index contributed by atoms with van der Waals surface area (Å²) in [7, 11) is 0. The Morgan fingerprint density at radius 1 is 0.833 bits per heavy atom. The van der Waals surface area contributed by atoms with Crippen LogP contribution < -0.4 is 3.27 Å². The first-order chi connectivity index (χ1) is 17.1. The number of hydrogen-bond acceptors (Lipinski definition) is 0. The molecule has 0 aromatic heterocycles. The Labute approximate surface area is 229 Å². The molecule has 1 heteroatoms. The molecule has 36 heavy (non-hydrogen) atoms. The second-order valence-electron chi connectivity index (χ2n) is 13.1. The fraction of sp³-hybridized carbons (Fsp3) is 0.514. The van der Waals surface area contributed by atoms with Gasteiger partial charge in [0.05, 0.1) is 0 Å². The van der Waals surface area contributed by atoms with E-state index in [0.717, 1.165) is 6.42 Å². The summed E-state index contributed by atoms with van der Waals surface area (Å²) in [4.78, 5) is 0. The minimum atomic E-state index is -2.26. The summed E-state index contributed by atoms with van der Waals surface area (Å²) in [5.41, 5.74) is 9.71. The van der Waals surface area contributed by atoms with E-state index in [1.54, 1.807) is 16.7 Å². The van der Waals surface area contributed by atoms with Crippen molar-refractivity contribution in [3.05, 3.63) is 74.1 Å². The van der Waals surface area contributed by atoms with Gasteiger partial charge in [-0.1, -0.05) is 0 Å².